The molecule has 0 unspecified atom stereocenters. The van der Waals surface area contributed by atoms with Crippen LogP contribution in [-0.4, -0.2) is 9.78 Å². The van der Waals surface area contributed by atoms with E-state index in [4.69, 9.17) is 23.2 Å². The summed E-state index contributed by atoms with van der Waals surface area (Å²) in [6.45, 7) is 0. The van der Waals surface area contributed by atoms with Crippen molar-refractivity contribution in [2.45, 2.75) is 0 Å². The van der Waals surface area contributed by atoms with Crippen molar-refractivity contribution in [1.29, 1.82) is 0 Å². The van der Waals surface area contributed by atoms with Crippen LogP contribution in [0, 0.1) is 0 Å². The van der Waals surface area contributed by atoms with E-state index in [1.165, 1.54) is 0 Å². The standard InChI is InChI=1S/C15H10Cl2N2/c16-12-7-4-8-13(17)15(12)19-14(9-10-18-19)11-5-2-1-3-6-11/h1-10H. The molecule has 4 heteroatoms. The van der Waals surface area contributed by atoms with Crippen LogP contribution in [0.4, 0.5) is 0 Å². The average molecular weight is 289 g/mol. The molecule has 1 heterocycles. The number of aromatic nitrogens is 2. The van der Waals surface area contributed by atoms with Gasteiger partial charge in [0.15, 0.2) is 0 Å². The summed E-state index contributed by atoms with van der Waals surface area (Å²) in [5.41, 5.74) is 2.72. The number of hydrogen-bond donors (Lipinski definition) is 0. The molecule has 0 fully saturated rings. The molecule has 0 radical (unpaired) electrons. The predicted octanol–water partition coefficient (Wildman–Crippen LogP) is 4.85. The first-order chi connectivity index (χ1) is 9.27. The zero-order chi connectivity index (χ0) is 13.2. The molecule has 2 aromatic carbocycles. The average Bonchev–Trinajstić information content (AvgIpc) is 2.89. The number of rotatable bonds is 2. The molecule has 0 amide bonds. The smallest absolute Gasteiger partial charge is 0.102 e. The summed E-state index contributed by atoms with van der Waals surface area (Å²) in [5.74, 6) is 0. The summed E-state index contributed by atoms with van der Waals surface area (Å²) >= 11 is 12.5. The second-order valence-corrected chi connectivity index (χ2v) is 4.88. The first kappa shape index (κ1) is 12.3. The van der Waals surface area contributed by atoms with Crippen LogP contribution in [0.5, 0.6) is 0 Å². The van der Waals surface area contributed by atoms with Crippen LogP contribution in [0.1, 0.15) is 0 Å². The number of para-hydroxylation sites is 1. The highest BCUT2D eigenvalue weighted by molar-refractivity contribution is 6.37. The zero-order valence-corrected chi connectivity index (χ0v) is 11.4. The highest BCUT2D eigenvalue weighted by atomic mass is 35.5. The van der Waals surface area contributed by atoms with E-state index in [-0.39, 0.29) is 0 Å². The summed E-state index contributed by atoms with van der Waals surface area (Å²) in [5, 5.41) is 5.49. The Hall–Kier alpha value is -1.77. The van der Waals surface area contributed by atoms with Crippen LogP contribution in [0.15, 0.2) is 60.8 Å². The van der Waals surface area contributed by atoms with Gasteiger partial charge in [0, 0.05) is 5.56 Å². The second-order valence-electron chi connectivity index (χ2n) is 4.06. The summed E-state index contributed by atoms with van der Waals surface area (Å²) in [7, 11) is 0. The van der Waals surface area contributed by atoms with E-state index in [2.05, 4.69) is 5.10 Å². The number of hydrogen-bond acceptors (Lipinski definition) is 1. The molecule has 3 aromatic rings. The Labute approximate surface area is 121 Å². The normalized spacial score (nSPS) is 10.6. The Balaban J connectivity index is 2.21. The summed E-state index contributed by atoms with van der Waals surface area (Å²) in [6, 6.07) is 17.4. The van der Waals surface area contributed by atoms with Gasteiger partial charge >= 0.3 is 0 Å². The number of nitrogens with zero attached hydrogens (tertiary/aromatic N) is 2. The molecule has 0 aliphatic rings. The van der Waals surface area contributed by atoms with Crippen molar-refractivity contribution in [3.8, 4) is 16.9 Å². The molecule has 2 nitrogen and oxygen atoms in total. The molecular weight excluding hydrogens is 279 g/mol. The van der Waals surface area contributed by atoms with Crippen LogP contribution >= 0.6 is 23.2 Å². The molecule has 0 saturated heterocycles. The Bertz CT molecular complexity index is 685. The van der Waals surface area contributed by atoms with Gasteiger partial charge in [-0.25, -0.2) is 4.68 Å². The van der Waals surface area contributed by atoms with Crippen molar-refractivity contribution in [2.24, 2.45) is 0 Å². The van der Waals surface area contributed by atoms with Crippen molar-refractivity contribution < 1.29 is 0 Å². The van der Waals surface area contributed by atoms with Gasteiger partial charge < -0.3 is 0 Å². The highest BCUT2D eigenvalue weighted by Crippen LogP contribution is 2.31. The van der Waals surface area contributed by atoms with Crippen LogP contribution in [-0.2, 0) is 0 Å². The topological polar surface area (TPSA) is 17.8 Å². The lowest BCUT2D eigenvalue weighted by atomic mass is 10.1. The molecule has 3 rings (SSSR count). The molecule has 0 aliphatic carbocycles. The Morgan fingerprint density at radius 1 is 0.789 bits per heavy atom. The van der Waals surface area contributed by atoms with Gasteiger partial charge in [0.05, 0.1) is 21.9 Å². The largest absolute Gasteiger partial charge is 0.230 e. The molecular formula is C15H10Cl2N2. The van der Waals surface area contributed by atoms with Gasteiger partial charge in [0.1, 0.15) is 5.69 Å². The number of halogens is 2. The summed E-state index contributed by atoms with van der Waals surface area (Å²) in [4.78, 5) is 0. The molecule has 0 spiro atoms. The lowest BCUT2D eigenvalue weighted by molar-refractivity contribution is 0.888. The van der Waals surface area contributed by atoms with E-state index in [0.29, 0.717) is 15.7 Å². The summed E-state index contributed by atoms with van der Waals surface area (Å²) in [6.07, 6.45) is 1.74. The summed E-state index contributed by atoms with van der Waals surface area (Å²) < 4.78 is 1.76. The minimum Gasteiger partial charge on any atom is -0.230 e. The first-order valence-corrected chi connectivity index (χ1v) is 6.57. The fourth-order valence-corrected chi connectivity index (χ4v) is 2.56. The SMILES string of the molecule is Clc1cccc(Cl)c1-n1nccc1-c1ccccc1. The van der Waals surface area contributed by atoms with Crippen molar-refractivity contribution in [3.63, 3.8) is 0 Å². The lowest BCUT2D eigenvalue weighted by Gasteiger charge is -2.11. The monoisotopic (exact) mass is 288 g/mol. The fourth-order valence-electron chi connectivity index (χ4n) is 2.00. The van der Waals surface area contributed by atoms with Gasteiger partial charge in [0.2, 0.25) is 0 Å². The maximum absolute atomic E-state index is 6.24. The fraction of sp³-hybridized carbons (Fsp3) is 0. The van der Waals surface area contributed by atoms with E-state index in [0.717, 1.165) is 11.3 Å². The van der Waals surface area contributed by atoms with Crippen molar-refractivity contribution >= 4 is 23.2 Å². The molecule has 19 heavy (non-hydrogen) atoms. The molecule has 0 atom stereocenters. The Kier molecular flexibility index (Phi) is 3.28. The van der Waals surface area contributed by atoms with Gasteiger partial charge in [-0.1, -0.05) is 59.6 Å². The van der Waals surface area contributed by atoms with Crippen LogP contribution < -0.4 is 0 Å². The maximum atomic E-state index is 6.24. The van der Waals surface area contributed by atoms with E-state index in [9.17, 15) is 0 Å². The second kappa shape index (κ2) is 5.08. The van der Waals surface area contributed by atoms with Gasteiger partial charge in [-0.05, 0) is 18.2 Å². The Morgan fingerprint density at radius 3 is 2.16 bits per heavy atom. The third-order valence-corrected chi connectivity index (χ3v) is 3.47. The van der Waals surface area contributed by atoms with Crippen LogP contribution in [0.25, 0.3) is 16.9 Å². The Morgan fingerprint density at radius 2 is 1.47 bits per heavy atom. The highest BCUT2D eigenvalue weighted by Gasteiger charge is 2.13. The van der Waals surface area contributed by atoms with Crippen LogP contribution in [0.3, 0.4) is 0 Å². The first-order valence-electron chi connectivity index (χ1n) is 5.81. The van der Waals surface area contributed by atoms with Gasteiger partial charge in [-0.15, -0.1) is 0 Å². The quantitative estimate of drug-likeness (QED) is 0.659. The number of benzene rings is 2. The van der Waals surface area contributed by atoms with E-state index in [1.54, 1.807) is 23.0 Å². The van der Waals surface area contributed by atoms with Gasteiger partial charge in [0.25, 0.3) is 0 Å². The third-order valence-electron chi connectivity index (χ3n) is 2.86. The minimum absolute atomic E-state index is 0.577. The minimum atomic E-state index is 0.577. The zero-order valence-electron chi connectivity index (χ0n) is 9.92. The molecule has 0 bridgehead atoms. The third kappa shape index (κ3) is 2.25. The molecule has 0 aliphatic heterocycles. The molecule has 0 saturated carbocycles. The predicted molar refractivity (Wildman–Crippen MR) is 79.0 cm³/mol. The molecule has 94 valence electrons. The molecule has 0 N–H and O–H groups in total. The van der Waals surface area contributed by atoms with Crippen molar-refractivity contribution in [1.82, 2.24) is 9.78 Å². The van der Waals surface area contributed by atoms with Crippen LogP contribution in [0.2, 0.25) is 10.0 Å². The van der Waals surface area contributed by atoms with E-state index in [1.807, 2.05) is 42.5 Å². The van der Waals surface area contributed by atoms with E-state index >= 15 is 0 Å². The van der Waals surface area contributed by atoms with E-state index < -0.39 is 0 Å². The van der Waals surface area contributed by atoms with Gasteiger partial charge in [-0.3, -0.25) is 0 Å². The maximum Gasteiger partial charge on any atom is 0.102 e. The molecule has 1 aromatic heterocycles. The van der Waals surface area contributed by atoms with Gasteiger partial charge in [-0.2, -0.15) is 5.10 Å². The van der Waals surface area contributed by atoms with Crippen molar-refractivity contribution in [2.75, 3.05) is 0 Å². The lowest BCUT2D eigenvalue weighted by Crippen LogP contribution is -2.00. The van der Waals surface area contributed by atoms with Crippen molar-refractivity contribution in [3.05, 3.63) is 70.8 Å².